The molecule has 4 aromatic rings. The van der Waals surface area contributed by atoms with Crippen molar-refractivity contribution in [3.63, 3.8) is 0 Å². The smallest absolute Gasteiger partial charge is 0.282 e. The van der Waals surface area contributed by atoms with Gasteiger partial charge >= 0.3 is 0 Å². The Morgan fingerprint density at radius 3 is 2.72 bits per heavy atom. The standard InChI is InChI=1S/C20H17N5O3S/c1-13-4-6-14(7-5-13)23-16(26)12-29-20-24-18-17(21-8-9-22-18)19(27)25(20)11-15-3-2-10-28-15/h2-10H,11-12H2,1H3,(H,23,26). The van der Waals surface area contributed by atoms with E-state index in [0.717, 1.165) is 17.3 Å². The quantitative estimate of drug-likeness (QED) is 0.387. The molecule has 1 aromatic carbocycles. The molecule has 0 bridgehead atoms. The normalized spacial score (nSPS) is 10.9. The van der Waals surface area contributed by atoms with E-state index in [9.17, 15) is 9.59 Å². The van der Waals surface area contributed by atoms with Crippen LogP contribution in [-0.4, -0.2) is 31.2 Å². The zero-order valence-electron chi connectivity index (χ0n) is 15.5. The molecule has 0 aliphatic carbocycles. The number of carbonyl (C=O) groups excluding carboxylic acids is 1. The van der Waals surface area contributed by atoms with Crippen LogP contribution in [0.3, 0.4) is 0 Å². The average molecular weight is 407 g/mol. The molecule has 146 valence electrons. The Balaban J connectivity index is 1.58. The predicted molar refractivity (Wildman–Crippen MR) is 110 cm³/mol. The highest BCUT2D eigenvalue weighted by atomic mass is 32.2. The first-order valence-corrected chi connectivity index (χ1v) is 9.82. The van der Waals surface area contributed by atoms with Crippen LogP contribution >= 0.6 is 11.8 Å². The van der Waals surface area contributed by atoms with Gasteiger partial charge in [-0.15, -0.1) is 0 Å². The number of aryl methyl sites for hydroxylation is 1. The molecule has 0 aliphatic rings. The lowest BCUT2D eigenvalue weighted by atomic mass is 10.2. The van der Waals surface area contributed by atoms with Gasteiger partial charge in [0.25, 0.3) is 5.56 Å². The molecule has 1 amide bonds. The second-order valence-electron chi connectivity index (χ2n) is 6.30. The fourth-order valence-electron chi connectivity index (χ4n) is 2.70. The molecule has 29 heavy (non-hydrogen) atoms. The van der Waals surface area contributed by atoms with E-state index in [2.05, 4.69) is 20.3 Å². The minimum absolute atomic E-state index is 0.0875. The maximum atomic E-state index is 12.9. The van der Waals surface area contributed by atoms with Crippen LogP contribution in [0.25, 0.3) is 11.2 Å². The summed E-state index contributed by atoms with van der Waals surface area (Å²) in [5.41, 5.74) is 1.91. The molecule has 3 heterocycles. The lowest BCUT2D eigenvalue weighted by Gasteiger charge is -2.11. The van der Waals surface area contributed by atoms with E-state index in [-0.39, 0.29) is 34.9 Å². The van der Waals surface area contributed by atoms with Crippen molar-refractivity contribution in [2.45, 2.75) is 18.6 Å². The second-order valence-corrected chi connectivity index (χ2v) is 7.24. The first-order valence-electron chi connectivity index (χ1n) is 8.83. The van der Waals surface area contributed by atoms with Crippen LogP contribution in [0.15, 0.2) is 69.4 Å². The van der Waals surface area contributed by atoms with Gasteiger partial charge in [0, 0.05) is 18.1 Å². The number of furan rings is 1. The van der Waals surface area contributed by atoms with Crippen LogP contribution in [0.5, 0.6) is 0 Å². The lowest BCUT2D eigenvalue weighted by molar-refractivity contribution is -0.113. The average Bonchev–Trinajstić information content (AvgIpc) is 3.24. The zero-order chi connectivity index (χ0) is 20.2. The number of hydrogen-bond donors (Lipinski definition) is 1. The van der Waals surface area contributed by atoms with Gasteiger partial charge in [0.1, 0.15) is 5.76 Å². The number of benzene rings is 1. The summed E-state index contributed by atoms with van der Waals surface area (Å²) in [6, 6.07) is 11.0. The van der Waals surface area contributed by atoms with Gasteiger partial charge < -0.3 is 9.73 Å². The molecule has 3 aromatic heterocycles. The summed E-state index contributed by atoms with van der Waals surface area (Å²) >= 11 is 1.16. The van der Waals surface area contributed by atoms with Gasteiger partial charge in [-0.2, -0.15) is 0 Å². The van der Waals surface area contributed by atoms with Gasteiger partial charge in [0.15, 0.2) is 16.3 Å². The predicted octanol–water partition coefficient (Wildman–Crippen LogP) is 2.87. The molecular weight excluding hydrogens is 390 g/mol. The Morgan fingerprint density at radius 1 is 1.17 bits per heavy atom. The molecule has 1 N–H and O–H groups in total. The SMILES string of the molecule is Cc1ccc(NC(=O)CSc2nc3nccnc3c(=O)n2Cc2ccco2)cc1. The van der Waals surface area contributed by atoms with E-state index < -0.39 is 0 Å². The van der Waals surface area contributed by atoms with E-state index in [1.54, 1.807) is 12.1 Å². The fraction of sp³-hybridized carbons (Fsp3) is 0.150. The van der Waals surface area contributed by atoms with Crippen LogP contribution in [0.1, 0.15) is 11.3 Å². The summed E-state index contributed by atoms with van der Waals surface area (Å²) in [5, 5.41) is 3.21. The Bertz CT molecular complexity index is 1200. The van der Waals surface area contributed by atoms with Crippen molar-refractivity contribution in [2.75, 3.05) is 11.1 Å². The highest BCUT2D eigenvalue weighted by Gasteiger charge is 2.16. The van der Waals surface area contributed by atoms with Crippen LogP contribution in [0, 0.1) is 6.92 Å². The van der Waals surface area contributed by atoms with E-state index in [0.29, 0.717) is 16.6 Å². The Kier molecular flexibility index (Phi) is 5.39. The highest BCUT2D eigenvalue weighted by Crippen LogP contribution is 2.18. The molecule has 0 atom stereocenters. The molecular formula is C20H17N5O3S. The summed E-state index contributed by atoms with van der Waals surface area (Å²) in [7, 11) is 0. The molecule has 0 fully saturated rings. The van der Waals surface area contributed by atoms with Gasteiger partial charge in [-0.1, -0.05) is 29.5 Å². The number of nitrogens with zero attached hydrogens (tertiary/aromatic N) is 4. The highest BCUT2D eigenvalue weighted by molar-refractivity contribution is 7.99. The molecule has 8 nitrogen and oxygen atoms in total. The summed E-state index contributed by atoms with van der Waals surface area (Å²) in [4.78, 5) is 37.9. The van der Waals surface area contributed by atoms with Gasteiger partial charge in [-0.3, -0.25) is 14.2 Å². The zero-order valence-corrected chi connectivity index (χ0v) is 16.3. The third-order valence-corrected chi connectivity index (χ3v) is 5.10. The summed E-state index contributed by atoms with van der Waals surface area (Å²) < 4.78 is 6.81. The van der Waals surface area contributed by atoms with Crippen molar-refractivity contribution < 1.29 is 9.21 Å². The minimum Gasteiger partial charge on any atom is -0.467 e. The van der Waals surface area contributed by atoms with Crippen molar-refractivity contribution in [1.82, 2.24) is 19.5 Å². The van der Waals surface area contributed by atoms with Gasteiger partial charge in [0.2, 0.25) is 5.91 Å². The molecule has 0 saturated heterocycles. The number of nitrogens with one attached hydrogen (secondary N) is 1. The molecule has 0 aliphatic heterocycles. The Hall–Kier alpha value is -3.46. The molecule has 0 radical (unpaired) electrons. The van der Waals surface area contributed by atoms with E-state index in [1.165, 1.54) is 23.2 Å². The van der Waals surface area contributed by atoms with E-state index >= 15 is 0 Å². The van der Waals surface area contributed by atoms with Crippen LogP contribution in [0.2, 0.25) is 0 Å². The maximum Gasteiger partial charge on any atom is 0.282 e. The van der Waals surface area contributed by atoms with Crippen molar-refractivity contribution in [1.29, 1.82) is 0 Å². The summed E-state index contributed by atoms with van der Waals surface area (Å²) in [6.07, 6.45) is 4.46. The van der Waals surface area contributed by atoms with Gasteiger partial charge in [-0.05, 0) is 31.2 Å². The molecule has 0 unspecified atom stereocenters. The number of carbonyl (C=O) groups is 1. The first kappa shape index (κ1) is 18.9. The van der Waals surface area contributed by atoms with Gasteiger partial charge in [-0.25, -0.2) is 15.0 Å². The summed E-state index contributed by atoms with van der Waals surface area (Å²) in [6.45, 7) is 2.17. The molecule has 0 spiro atoms. The van der Waals surface area contributed by atoms with E-state index in [4.69, 9.17) is 4.42 Å². The van der Waals surface area contributed by atoms with Crippen molar-refractivity contribution in [2.24, 2.45) is 0 Å². The van der Waals surface area contributed by atoms with Gasteiger partial charge in [0.05, 0.1) is 18.6 Å². The molecule has 4 rings (SSSR count). The van der Waals surface area contributed by atoms with Crippen LogP contribution in [0.4, 0.5) is 5.69 Å². The maximum absolute atomic E-state index is 12.9. The monoisotopic (exact) mass is 407 g/mol. The second kappa shape index (κ2) is 8.27. The summed E-state index contributed by atoms with van der Waals surface area (Å²) in [5.74, 6) is 0.490. The number of rotatable bonds is 6. The minimum atomic E-state index is -0.332. The van der Waals surface area contributed by atoms with Crippen molar-refractivity contribution >= 4 is 34.5 Å². The number of fused-ring (bicyclic) bond motifs is 1. The van der Waals surface area contributed by atoms with Crippen molar-refractivity contribution in [3.8, 4) is 0 Å². The topological polar surface area (TPSA) is 103 Å². The van der Waals surface area contributed by atoms with Crippen LogP contribution in [-0.2, 0) is 11.3 Å². The van der Waals surface area contributed by atoms with E-state index in [1.807, 2.05) is 31.2 Å². The largest absolute Gasteiger partial charge is 0.467 e. The Morgan fingerprint density at radius 2 is 1.97 bits per heavy atom. The van der Waals surface area contributed by atoms with Crippen molar-refractivity contribution in [3.05, 3.63) is 76.7 Å². The number of thioether (sulfide) groups is 1. The fourth-order valence-corrected chi connectivity index (χ4v) is 3.49. The first-order chi connectivity index (χ1) is 14.1. The Labute approximate surface area is 170 Å². The number of aromatic nitrogens is 4. The number of amides is 1. The molecule has 0 saturated carbocycles. The third-order valence-electron chi connectivity index (χ3n) is 4.12. The number of hydrogen-bond acceptors (Lipinski definition) is 7. The third kappa shape index (κ3) is 4.35. The number of anilines is 1. The molecule has 9 heteroatoms. The van der Waals surface area contributed by atoms with Crippen LogP contribution < -0.4 is 10.9 Å². The lowest BCUT2D eigenvalue weighted by Crippen LogP contribution is -2.25.